The van der Waals surface area contributed by atoms with Gasteiger partial charge in [0.25, 0.3) is 0 Å². The van der Waals surface area contributed by atoms with Gasteiger partial charge in [-0.15, -0.1) is 11.3 Å². The Morgan fingerprint density at radius 3 is 2.10 bits per heavy atom. The van der Waals surface area contributed by atoms with Gasteiger partial charge in [0.2, 0.25) is 0 Å². The number of thiazole rings is 1. The van der Waals surface area contributed by atoms with Gasteiger partial charge in [-0.1, -0.05) is 24.3 Å². The van der Waals surface area contributed by atoms with Crippen molar-refractivity contribution in [2.24, 2.45) is 0 Å². The van der Waals surface area contributed by atoms with E-state index in [1.165, 1.54) is 11.3 Å². The highest BCUT2D eigenvalue weighted by molar-refractivity contribution is 7.13. The first kappa shape index (κ1) is 14.6. The zero-order valence-electron chi connectivity index (χ0n) is 12.7. The Balaban J connectivity index is 1.83. The molecule has 110 valence electrons. The van der Waals surface area contributed by atoms with E-state index in [0.29, 0.717) is 5.13 Å². The Labute approximate surface area is 129 Å². The highest BCUT2D eigenvalue weighted by Gasteiger charge is 2.51. The van der Waals surface area contributed by atoms with Crippen molar-refractivity contribution in [3.8, 4) is 11.3 Å². The minimum Gasteiger partial charge on any atom is -0.399 e. The predicted molar refractivity (Wildman–Crippen MR) is 87.7 cm³/mol. The molecule has 3 rings (SSSR count). The van der Waals surface area contributed by atoms with E-state index in [2.05, 4.69) is 32.7 Å². The van der Waals surface area contributed by atoms with E-state index < -0.39 is 0 Å². The van der Waals surface area contributed by atoms with Crippen molar-refractivity contribution in [3.63, 3.8) is 0 Å². The van der Waals surface area contributed by atoms with Crippen molar-refractivity contribution in [2.75, 3.05) is 5.73 Å². The van der Waals surface area contributed by atoms with Gasteiger partial charge in [-0.2, -0.15) is 0 Å². The van der Waals surface area contributed by atoms with E-state index in [9.17, 15) is 0 Å². The molecule has 0 spiro atoms. The fraction of sp³-hybridized carbons (Fsp3) is 0.400. The summed E-state index contributed by atoms with van der Waals surface area (Å²) in [5.74, 6) is 0. The summed E-state index contributed by atoms with van der Waals surface area (Å²) in [6, 6.07) is 8.09. The van der Waals surface area contributed by atoms with Gasteiger partial charge in [0, 0.05) is 10.9 Å². The van der Waals surface area contributed by atoms with E-state index in [4.69, 9.17) is 15.0 Å². The lowest BCUT2D eigenvalue weighted by Crippen LogP contribution is -2.41. The molecule has 1 aliphatic heterocycles. The number of benzene rings is 1. The summed E-state index contributed by atoms with van der Waals surface area (Å²) < 4.78 is 12.1. The quantitative estimate of drug-likeness (QED) is 0.867. The minimum absolute atomic E-state index is 0.320. The van der Waals surface area contributed by atoms with Gasteiger partial charge in [0.1, 0.15) is 0 Å². The van der Waals surface area contributed by atoms with Crippen LogP contribution in [0.2, 0.25) is 0 Å². The van der Waals surface area contributed by atoms with Gasteiger partial charge < -0.3 is 15.0 Å². The van der Waals surface area contributed by atoms with Crippen LogP contribution in [0.25, 0.3) is 11.3 Å². The van der Waals surface area contributed by atoms with Crippen LogP contribution in [0.3, 0.4) is 0 Å². The molecule has 1 saturated heterocycles. The predicted octanol–water partition coefficient (Wildman–Crippen LogP) is 2.69. The maximum atomic E-state index is 6.04. The molecule has 0 saturated carbocycles. The second kappa shape index (κ2) is 4.83. The number of anilines is 1. The first-order chi connectivity index (χ1) is 9.78. The summed E-state index contributed by atoms with van der Waals surface area (Å²) in [6.45, 7) is 8.22. The van der Waals surface area contributed by atoms with Gasteiger partial charge in [0.15, 0.2) is 5.13 Å². The average Bonchev–Trinajstić information content (AvgIpc) is 2.92. The lowest BCUT2D eigenvalue weighted by Gasteiger charge is -2.32. The third kappa shape index (κ3) is 2.59. The number of hydrogen-bond donors (Lipinski definition) is 1. The monoisotopic (exact) mass is 302 g/mol. The zero-order chi connectivity index (χ0) is 15.3. The Bertz CT molecular complexity index is 636. The molecule has 4 nitrogen and oxygen atoms in total. The highest BCUT2D eigenvalue weighted by atomic mass is 32.1. The van der Waals surface area contributed by atoms with E-state index in [1.807, 2.05) is 29.6 Å². The molecule has 0 amide bonds. The van der Waals surface area contributed by atoms with Crippen LogP contribution in [0.15, 0.2) is 29.6 Å². The number of nitrogens with two attached hydrogens (primary N) is 1. The minimum atomic E-state index is -0.329. The summed E-state index contributed by atoms with van der Waals surface area (Å²) in [5.41, 5.74) is 7.99. The maximum absolute atomic E-state index is 6.04. The van der Waals surface area contributed by atoms with Gasteiger partial charge in [-0.25, -0.2) is 4.98 Å². The van der Waals surface area contributed by atoms with Gasteiger partial charge in [-0.05, 0) is 33.2 Å². The van der Waals surface area contributed by atoms with Crippen LogP contribution in [0, 0.1) is 0 Å². The largest absolute Gasteiger partial charge is 0.494 e. The molecule has 0 bridgehead atoms. The molecular formula is C15H19BN2O2S. The topological polar surface area (TPSA) is 57.4 Å². The Morgan fingerprint density at radius 2 is 1.62 bits per heavy atom. The van der Waals surface area contributed by atoms with Crippen LogP contribution < -0.4 is 11.2 Å². The second-order valence-corrected chi connectivity index (χ2v) is 7.17. The van der Waals surface area contributed by atoms with Crippen LogP contribution in [-0.2, 0) is 9.31 Å². The van der Waals surface area contributed by atoms with Crippen molar-refractivity contribution in [3.05, 3.63) is 29.6 Å². The first-order valence-corrected chi connectivity index (χ1v) is 7.83. The van der Waals surface area contributed by atoms with Crippen LogP contribution in [-0.4, -0.2) is 23.3 Å². The Hall–Kier alpha value is -1.37. The molecule has 2 aromatic rings. The number of nitrogen functional groups attached to an aromatic ring is 1. The SMILES string of the molecule is CC1(C)OB(c2ccc(-c3csc(N)n3)cc2)OC1(C)C. The van der Waals surface area contributed by atoms with Gasteiger partial charge in [0.05, 0.1) is 16.9 Å². The summed E-state index contributed by atoms with van der Waals surface area (Å²) >= 11 is 1.45. The molecule has 6 heteroatoms. The summed E-state index contributed by atoms with van der Waals surface area (Å²) in [7, 11) is -0.329. The van der Waals surface area contributed by atoms with Crippen molar-refractivity contribution in [1.29, 1.82) is 0 Å². The molecule has 21 heavy (non-hydrogen) atoms. The fourth-order valence-corrected chi connectivity index (χ4v) is 2.78. The summed E-state index contributed by atoms with van der Waals surface area (Å²) in [6.07, 6.45) is 0. The number of aromatic nitrogens is 1. The fourth-order valence-electron chi connectivity index (χ4n) is 2.21. The van der Waals surface area contributed by atoms with Crippen molar-refractivity contribution in [2.45, 2.75) is 38.9 Å². The molecule has 0 aliphatic carbocycles. The number of nitrogens with zero attached hydrogens (tertiary/aromatic N) is 1. The first-order valence-electron chi connectivity index (χ1n) is 6.95. The van der Waals surface area contributed by atoms with Crippen LogP contribution in [0.1, 0.15) is 27.7 Å². The van der Waals surface area contributed by atoms with E-state index >= 15 is 0 Å². The van der Waals surface area contributed by atoms with Crippen LogP contribution in [0.5, 0.6) is 0 Å². The summed E-state index contributed by atoms with van der Waals surface area (Å²) in [5, 5.41) is 2.54. The van der Waals surface area contributed by atoms with Crippen LogP contribution in [0.4, 0.5) is 5.13 Å². The Morgan fingerprint density at radius 1 is 1.05 bits per heavy atom. The molecule has 0 unspecified atom stereocenters. The smallest absolute Gasteiger partial charge is 0.399 e. The normalized spacial score (nSPS) is 19.9. The van der Waals surface area contributed by atoms with Gasteiger partial charge in [-0.3, -0.25) is 0 Å². The number of rotatable bonds is 2. The number of hydrogen-bond acceptors (Lipinski definition) is 5. The molecular weight excluding hydrogens is 283 g/mol. The highest BCUT2D eigenvalue weighted by Crippen LogP contribution is 2.36. The molecule has 1 aromatic heterocycles. The lowest BCUT2D eigenvalue weighted by molar-refractivity contribution is 0.00578. The molecule has 0 atom stereocenters. The van der Waals surface area contributed by atoms with Crippen LogP contribution >= 0.6 is 11.3 Å². The summed E-state index contributed by atoms with van der Waals surface area (Å²) in [4.78, 5) is 4.29. The molecule has 1 aromatic carbocycles. The Kier molecular flexibility index (Phi) is 3.35. The third-order valence-corrected chi connectivity index (χ3v) is 4.93. The molecule has 0 radical (unpaired) electrons. The maximum Gasteiger partial charge on any atom is 0.494 e. The van der Waals surface area contributed by atoms with E-state index in [-0.39, 0.29) is 18.3 Å². The average molecular weight is 302 g/mol. The second-order valence-electron chi connectivity index (χ2n) is 6.28. The van der Waals surface area contributed by atoms with Crippen molar-refractivity contribution < 1.29 is 9.31 Å². The van der Waals surface area contributed by atoms with E-state index in [1.54, 1.807) is 0 Å². The van der Waals surface area contributed by atoms with Gasteiger partial charge >= 0.3 is 7.12 Å². The molecule has 2 heterocycles. The molecule has 1 aliphatic rings. The van der Waals surface area contributed by atoms with Crippen molar-refractivity contribution >= 4 is 29.0 Å². The standard InChI is InChI=1S/C15H19BN2O2S/c1-14(2)15(3,4)20-16(19-14)11-7-5-10(6-8-11)12-9-21-13(17)18-12/h5-9H,1-4H3,(H2,17,18). The third-order valence-electron chi connectivity index (χ3n) is 4.25. The van der Waals surface area contributed by atoms with E-state index in [0.717, 1.165) is 16.7 Å². The molecule has 2 N–H and O–H groups in total. The van der Waals surface area contributed by atoms with Crippen molar-refractivity contribution in [1.82, 2.24) is 4.98 Å². The zero-order valence-corrected chi connectivity index (χ0v) is 13.5. The molecule has 1 fully saturated rings. The lowest BCUT2D eigenvalue weighted by atomic mass is 9.79.